The predicted octanol–water partition coefficient (Wildman–Crippen LogP) is 5.85. The maximum Gasteiger partial charge on any atom is 0.407 e. The third-order valence-corrected chi connectivity index (χ3v) is 10.5. The summed E-state index contributed by atoms with van der Waals surface area (Å²) in [6.07, 6.45) is 1.00. The van der Waals surface area contributed by atoms with Crippen LogP contribution in [0.1, 0.15) is 59.6 Å². The zero-order valence-electron chi connectivity index (χ0n) is 20.6. The summed E-state index contributed by atoms with van der Waals surface area (Å²) in [5.74, 6) is 0.553. The van der Waals surface area contributed by atoms with E-state index in [1.165, 1.54) is 6.07 Å². The molecule has 5 nitrogen and oxygen atoms in total. The zero-order chi connectivity index (χ0) is 23.6. The number of benzene rings is 1. The van der Waals surface area contributed by atoms with Gasteiger partial charge in [-0.1, -0.05) is 20.8 Å². The van der Waals surface area contributed by atoms with Gasteiger partial charge in [-0.05, 0) is 81.8 Å². The normalized spacial score (nSPS) is 17.8. The van der Waals surface area contributed by atoms with Crippen molar-refractivity contribution in [3.63, 3.8) is 0 Å². The number of hydrogen-bond acceptors (Lipinski definition) is 4. The van der Waals surface area contributed by atoms with Gasteiger partial charge in [-0.15, -0.1) is 0 Å². The van der Waals surface area contributed by atoms with Crippen molar-refractivity contribution in [1.29, 1.82) is 0 Å². The number of fused-ring (bicyclic) bond motifs is 1. The van der Waals surface area contributed by atoms with Crippen LogP contribution in [0.2, 0.25) is 18.1 Å². The van der Waals surface area contributed by atoms with E-state index in [9.17, 15) is 9.18 Å². The highest BCUT2D eigenvalue weighted by molar-refractivity contribution is 6.74. The van der Waals surface area contributed by atoms with E-state index in [1.54, 1.807) is 0 Å². The van der Waals surface area contributed by atoms with Gasteiger partial charge in [-0.25, -0.2) is 9.18 Å². The molecule has 0 saturated carbocycles. The van der Waals surface area contributed by atoms with E-state index in [0.29, 0.717) is 24.7 Å². The van der Waals surface area contributed by atoms with Crippen LogP contribution in [-0.2, 0) is 22.0 Å². The number of halogens is 1. The molecule has 0 aromatic heterocycles. The van der Waals surface area contributed by atoms with Crippen molar-refractivity contribution < 1.29 is 23.1 Å². The maximum atomic E-state index is 14.7. The SMILES string of the molecule is CC(COc1cc(F)c2c(c1)CC(CO[Si](C)(C)C(C)(C)C)C2)NC(=O)OC(C)(C)C. The molecule has 0 spiro atoms. The van der Waals surface area contributed by atoms with E-state index in [2.05, 4.69) is 39.2 Å². The summed E-state index contributed by atoms with van der Waals surface area (Å²) in [7, 11) is -1.82. The van der Waals surface area contributed by atoms with Gasteiger partial charge in [0.15, 0.2) is 8.32 Å². The Balaban J connectivity index is 1.91. The molecule has 1 aromatic rings. The molecular weight excluding hydrogens is 413 g/mol. The fourth-order valence-corrected chi connectivity index (χ4v) is 4.35. The van der Waals surface area contributed by atoms with Gasteiger partial charge in [0.1, 0.15) is 23.8 Å². The summed E-state index contributed by atoms with van der Waals surface area (Å²) in [6.45, 7) is 19.3. The van der Waals surface area contributed by atoms with E-state index in [4.69, 9.17) is 13.9 Å². The average molecular weight is 454 g/mol. The van der Waals surface area contributed by atoms with Gasteiger partial charge in [0.2, 0.25) is 0 Å². The summed E-state index contributed by atoms with van der Waals surface area (Å²) in [6, 6.07) is 3.10. The molecule has 31 heavy (non-hydrogen) atoms. The number of hydrogen-bond donors (Lipinski definition) is 1. The van der Waals surface area contributed by atoms with Crippen LogP contribution >= 0.6 is 0 Å². The van der Waals surface area contributed by atoms with E-state index < -0.39 is 20.0 Å². The highest BCUT2D eigenvalue weighted by atomic mass is 28.4. The lowest BCUT2D eigenvalue weighted by Crippen LogP contribution is -2.42. The molecule has 1 aromatic carbocycles. The highest BCUT2D eigenvalue weighted by Crippen LogP contribution is 2.38. The summed E-state index contributed by atoms with van der Waals surface area (Å²) in [5.41, 5.74) is 1.21. The molecule has 0 saturated heterocycles. The minimum Gasteiger partial charge on any atom is -0.491 e. The van der Waals surface area contributed by atoms with Gasteiger partial charge in [0.05, 0.1) is 6.04 Å². The van der Waals surface area contributed by atoms with Crippen LogP contribution in [-0.4, -0.2) is 39.3 Å². The number of amides is 1. The zero-order valence-corrected chi connectivity index (χ0v) is 21.6. The first-order valence-electron chi connectivity index (χ1n) is 11.1. The summed E-state index contributed by atoms with van der Waals surface area (Å²) in [4.78, 5) is 11.9. The molecule has 0 radical (unpaired) electrons. The van der Waals surface area contributed by atoms with Gasteiger partial charge in [-0.3, -0.25) is 0 Å². The number of carbonyl (C=O) groups excluding carboxylic acids is 1. The molecule has 0 fully saturated rings. The third kappa shape index (κ3) is 7.49. The topological polar surface area (TPSA) is 56.8 Å². The van der Waals surface area contributed by atoms with Crippen LogP contribution in [0.15, 0.2) is 12.1 Å². The molecule has 1 amide bonds. The van der Waals surface area contributed by atoms with Crippen LogP contribution in [0.4, 0.5) is 9.18 Å². The number of carbonyl (C=O) groups is 1. The highest BCUT2D eigenvalue weighted by Gasteiger charge is 2.38. The van der Waals surface area contributed by atoms with Crippen LogP contribution < -0.4 is 10.1 Å². The van der Waals surface area contributed by atoms with Crippen molar-refractivity contribution in [2.45, 2.75) is 91.1 Å². The molecule has 0 bridgehead atoms. The molecule has 1 aliphatic rings. The molecule has 2 atom stereocenters. The van der Waals surface area contributed by atoms with E-state index in [1.807, 2.05) is 33.8 Å². The second kappa shape index (κ2) is 9.49. The summed E-state index contributed by atoms with van der Waals surface area (Å²) < 4.78 is 32.1. The van der Waals surface area contributed by atoms with Gasteiger partial charge in [0.25, 0.3) is 0 Å². The Morgan fingerprint density at radius 2 is 1.84 bits per heavy atom. The molecule has 2 unspecified atom stereocenters. The predicted molar refractivity (Wildman–Crippen MR) is 125 cm³/mol. The smallest absolute Gasteiger partial charge is 0.407 e. The van der Waals surface area contributed by atoms with Gasteiger partial charge >= 0.3 is 6.09 Å². The molecule has 1 N–H and O–H groups in total. The summed E-state index contributed by atoms with van der Waals surface area (Å²) in [5, 5.41) is 2.89. The van der Waals surface area contributed by atoms with Crippen LogP contribution in [0.3, 0.4) is 0 Å². The molecular formula is C24H40FNO4Si. The van der Waals surface area contributed by atoms with Crippen LogP contribution in [0.25, 0.3) is 0 Å². The fourth-order valence-electron chi connectivity index (χ4n) is 3.26. The Morgan fingerprint density at radius 3 is 2.42 bits per heavy atom. The van der Waals surface area contributed by atoms with Crippen molar-refractivity contribution in [3.05, 3.63) is 29.1 Å². The fraction of sp³-hybridized carbons (Fsp3) is 0.708. The largest absolute Gasteiger partial charge is 0.491 e. The Hall–Kier alpha value is -1.60. The number of alkyl carbamates (subject to hydrolysis) is 1. The number of ether oxygens (including phenoxy) is 2. The van der Waals surface area contributed by atoms with Gasteiger partial charge < -0.3 is 19.2 Å². The molecule has 7 heteroatoms. The molecule has 176 valence electrons. The van der Waals surface area contributed by atoms with Crippen molar-refractivity contribution in [2.24, 2.45) is 5.92 Å². The molecule has 2 rings (SSSR count). The Kier molecular flexibility index (Phi) is 7.85. The van der Waals surface area contributed by atoms with Crippen molar-refractivity contribution in [2.75, 3.05) is 13.2 Å². The molecule has 0 aliphatic heterocycles. The quantitative estimate of drug-likeness (QED) is 0.526. The van der Waals surface area contributed by atoms with Crippen LogP contribution in [0, 0.1) is 11.7 Å². The Bertz CT molecular complexity index is 783. The summed E-state index contributed by atoms with van der Waals surface area (Å²) >= 11 is 0. The van der Waals surface area contributed by atoms with Crippen molar-refractivity contribution in [1.82, 2.24) is 5.32 Å². The van der Waals surface area contributed by atoms with Crippen molar-refractivity contribution >= 4 is 14.4 Å². The second-order valence-electron chi connectivity index (χ2n) is 11.2. The lowest BCUT2D eigenvalue weighted by Gasteiger charge is -2.37. The first kappa shape index (κ1) is 25.7. The second-order valence-corrected chi connectivity index (χ2v) is 16.1. The van der Waals surface area contributed by atoms with E-state index in [-0.39, 0.29) is 23.5 Å². The molecule has 0 heterocycles. The Morgan fingerprint density at radius 1 is 1.19 bits per heavy atom. The number of nitrogens with one attached hydrogen (secondary N) is 1. The minimum absolute atomic E-state index is 0.161. The Labute approximate surface area is 188 Å². The average Bonchev–Trinajstić information content (AvgIpc) is 2.99. The lowest BCUT2D eigenvalue weighted by atomic mass is 10.1. The van der Waals surface area contributed by atoms with Gasteiger partial charge in [-0.2, -0.15) is 0 Å². The maximum absolute atomic E-state index is 14.7. The standard InChI is InChI=1S/C24H40FNO4Si/c1-16(26-22(27)30-23(2,3)4)14-28-19-12-18-10-17(11-20(18)21(25)13-19)15-29-31(8,9)24(5,6)7/h12-13,16-17H,10-11,14-15H2,1-9H3,(H,26,27). The molecule has 1 aliphatic carbocycles. The third-order valence-electron chi connectivity index (χ3n) is 6.01. The lowest BCUT2D eigenvalue weighted by molar-refractivity contribution is 0.0494. The minimum atomic E-state index is -1.82. The van der Waals surface area contributed by atoms with Crippen LogP contribution in [0.5, 0.6) is 5.75 Å². The monoisotopic (exact) mass is 453 g/mol. The van der Waals surface area contributed by atoms with Crippen molar-refractivity contribution in [3.8, 4) is 5.75 Å². The number of rotatable bonds is 7. The first-order valence-corrected chi connectivity index (χ1v) is 14.1. The first-order chi connectivity index (χ1) is 14.1. The van der Waals surface area contributed by atoms with E-state index >= 15 is 0 Å². The van der Waals surface area contributed by atoms with Gasteiger partial charge in [0, 0.05) is 12.7 Å². The van der Waals surface area contributed by atoms with E-state index in [0.717, 1.165) is 17.5 Å².